The lowest BCUT2D eigenvalue weighted by atomic mass is 10.0. The van der Waals surface area contributed by atoms with Gasteiger partial charge in [-0.1, -0.05) is 36.8 Å². The van der Waals surface area contributed by atoms with E-state index in [1.54, 1.807) is 0 Å². The molecule has 1 aliphatic rings. The number of likely N-dealkylation sites (tertiary alicyclic amines) is 1. The van der Waals surface area contributed by atoms with E-state index in [2.05, 4.69) is 35.2 Å². The molecule has 0 radical (unpaired) electrons. The van der Waals surface area contributed by atoms with Crippen LogP contribution in [0.2, 0.25) is 0 Å². The van der Waals surface area contributed by atoms with E-state index in [1.165, 1.54) is 31.4 Å². The van der Waals surface area contributed by atoms with Crippen molar-refractivity contribution in [3.05, 3.63) is 35.9 Å². The van der Waals surface area contributed by atoms with Crippen LogP contribution >= 0.6 is 11.6 Å². The molecule has 0 amide bonds. The number of nitrogens with zero attached hydrogens (tertiary/aromatic N) is 1. The molecule has 88 valence electrons. The van der Waals surface area contributed by atoms with Crippen LogP contribution in [0.3, 0.4) is 0 Å². The van der Waals surface area contributed by atoms with Gasteiger partial charge in [-0.05, 0) is 31.4 Å². The average molecular weight is 238 g/mol. The first-order chi connectivity index (χ1) is 7.90. The summed E-state index contributed by atoms with van der Waals surface area (Å²) in [5.41, 5.74) is 1.43. The summed E-state index contributed by atoms with van der Waals surface area (Å²) < 4.78 is 0. The van der Waals surface area contributed by atoms with Crippen molar-refractivity contribution in [2.45, 2.75) is 31.7 Å². The topological polar surface area (TPSA) is 3.24 Å². The van der Waals surface area contributed by atoms with Gasteiger partial charge in [-0.3, -0.25) is 4.90 Å². The zero-order valence-corrected chi connectivity index (χ0v) is 10.5. The molecule has 1 heterocycles. The van der Waals surface area contributed by atoms with Crippen molar-refractivity contribution in [3.8, 4) is 0 Å². The minimum atomic E-state index is 0.610. The van der Waals surface area contributed by atoms with Crippen LogP contribution in [0.25, 0.3) is 0 Å². The molecule has 1 fully saturated rings. The van der Waals surface area contributed by atoms with Crippen LogP contribution in [0.4, 0.5) is 0 Å². The lowest BCUT2D eigenvalue weighted by Gasteiger charge is -2.34. The van der Waals surface area contributed by atoms with Gasteiger partial charge in [0.1, 0.15) is 0 Å². The van der Waals surface area contributed by atoms with Crippen molar-refractivity contribution < 1.29 is 0 Å². The normalized spacial score (nSPS) is 22.2. The molecule has 1 aromatic carbocycles. The SMILES string of the molecule is ClCC1CCCCN1CCc1ccccc1. The minimum absolute atomic E-state index is 0.610. The zero-order chi connectivity index (χ0) is 11.2. The fourth-order valence-electron chi connectivity index (χ4n) is 2.45. The first-order valence-electron chi connectivity index (χ1n) is 6.24. The molecule has 1 aliphatic heterocycles. The van der Waals surface area contributed by atoms with Gasteiger partial charge in [0.2, 0.25) is 0 Å². The van der Waals surface area contributed by atoms with Gasteiger partial charge in [0.25, 0.3) is 0 Å². The Balaban J connectivity index is 1.84. The molecule has 1 nitrogen and oxygen atoms in total. The van der Waals surface area contributed by atoms with Gasteiger partial charge in [0, 0.05) is 18.5 Å². The second-order valence-electron chi connectivity index (χ2n) is 4.58. The largest absolute Gasteiger partial charge is 0.299 e. The molecule has 0 aromatic heterocycles. The molecule has 0 spiro atoms. The van der Waals surface area contributed by atoms with E-state index in [0.717, 1.165) is 18.8 Å². The molecule has 2 rings (SSSR count). The van der Waals surface area contributed by atoms with Gasteiger partial charge in [0.05, 0.1) is 0 Å². The molecule has 16 heavy (non-hydrogen) atoms. The molecular formula is C14H20ClN. The van der Waals surface area contributed by atoms with E-state index in [0.29, 0.717) is 6.04 Å². The Bertz CT molecular complexity index is 299. The number of rotatable bonds is 4. The van der Waals surface area contributed by atoms with Crippen molar-refractivity contribution in [1.29, 1.82) is 0 Å². The summed E-state index contributed by atoms with van der Waals surface area (Å²) in [7, 11) is 0. The van der Waals surface area contributed by atoms with Crippen molar-refractivity contribution >= 4 is 11.6 Å². The fraction of sp³-hybridized carbons (Fsp3) is 0.571. The van der Waals surface area contributed by atoms with Gasteiger partial charge in [0.15, 0.2) is 0 Å². The summed E-state index contributed by atoms with van der Waals surface area (Å²) >= 11 is 6.02. The summed E-state index contributed by atoms with van der Waals surface area (Å²) in [5.74, 6) is 0.786. The molecule has 0 saturated carbocycles. The Morgan fingerprint density at radius 3 is 2.75 bits per heavy atom. The van der Waals surface area contributed by atoms with E-state index >= 15 is 0 Å². The second-order valence-corrected chi connectivity index (χ2v) is 4.88. The quantitative estimate of drug-likeness (QED) is 0.727. The lowest BCUT2D eigenvalue weighted by molar-refractivity contribution is 0.165. The lowest BCUT2D eigenvalue weighted by Crippen LogP contribution is -2.41. The van der Waals surface area contributed by atoms with Gasteiger partial charge >= 0.3 is 0 Å². The standard InChI is InChI=1S/C14H20ClN/c15-12-14-8-4-5-10-16(14)11-9-13-6-2-1-3-7-13/h1-3,6-7,14H,4-5,8-12H2. The number of piperidine rings is 1. The highest BCUT2D eigenvalue weighted by Gasteiger charge is 2.20. The Hall–Kier alpha value is -0.530. The van der Waals surface area contributed by atoms with Crippen molar-refractivity contribution in [3.63, 3.8) is 0 Å². The second kappa shape index (κ2) is 6.27. The number of halogens is 1. The van der Waals surface area contributed by atoms with E-state index in [1.807, 2.05) is 0 Å². The van der Waals surface area contributed by atoms with Crippen molar-refractivity contribution in [1.82, 2.24) is 4.90 Å². The van der Waals surface area contributed by atoms with E-state index < -0.39 is 0 Å². The van der Waals surface area contributed by atoms with E-state index in [4.69, 9.17) is 11.6 Å². The smallest absolute Gasteiger partial charge is 0.0379 e. The predicted molar refractivity (Wildman–Crippen MR) is 70.1 cm³/mol. The first-order valence-corrected chi connectivity index (χ1v) is 6.77. The Labute approximate surface area is 103 Å². The maximum Gasteiger partial charge on any atom is 0.0379 e. The average Bonchev–Trinajstić information content (AvgIpc) is 2.38. The van der Waals surface area contributed by atoms with Crippen LogP contribution in [0, 0.1) is 0 Å². The van der Waals surface area contributed by atoms with Crippen molar-refractivity contribution in [2.75, 3.05) is 19.0 Å². The molecule has 0 N–H and O–H groups in total. The maximum absolute atomic E-state index is 6.02. The molecule has 1 saturated heterocycles. The van der Waals surface area contributed by atoms with E-state index in [9.17, 15) is 0 Å². The molecule has 1 atom stereocenters. The van der Waals surface area contributed by atoms with Crippen LogP contribution in [0.5, 0.6) is 0 Å². The van der Waals surface area contributed by atoms with E-state index in [-0.39, 0.29) is 0 Å². The molecule has 2 heteroatoms. The van der Waals surface area contributed by atoms with Crippen LogP contribution in [-0.4, -0.2) is 29.9 Å². The summed E-state index contributed by atoms with van der Waals surface area (Å²) in [6, 6.07) is 11.3. The highest BCUT2D eigenvalue weighted by atomic mass is 35.5. The van der Waals surface area contributed by atoms with Crippen molar-refractivity contribution in [2.24, 2.45) is 0 Å². The fourth-order valence-corrected chi connectivity index (χ4v) is 2.80. The zero-order valence-electron chi connectivity index (χ0n) is 9.74. The monoisotopic (exact) mass is 237 g/mol. The van der Waals surface area contributed by atoms with Crippen LogP contribution in [0.15, 0.2) is 30.3 Å². The summed E-state index contributed by atoms with van der Waals surface area (Å²) in [6.45, 7) is 2.38. The highest BCUT2D eigenvalue weighted by molar-refractivity contribution is 6.18. The van der Waals surface area contributed by atoms with Gasteiger partial charge in [-0.2, -0.15) is 0 Å². The molecular weight excluding hydrogens is 218 g/mol. The molecule has 0 aliphatic carbocycles. The Kier molecular flexibility index (Phi) is 4.68. The number of hydrogen-bond acceptors (Lipinski definition) is 1. The van der Waals surface area contributed by atoms with Crippen LogP contribution in [0.1, 0.15) is 24.8 Å². The third-order valence-electron chi connectivity index (χ3n) is 3.46. The Morgan fingerprint density at radius 2 is 2.00 bits per heavy atom. The van der Waals surface area contributed by atoms with Gasteiger partial charge in [-0.25, -0.2) is 0 Å². The summed E-state index contributed by atoms with van der Waals surface area (Å²) in [4.78, 5) is 2.56. The molecule has 1 unspecified atom stereocenters. The number of benzene rings is 1. The number of alkyl halides is 1. The van der Waals surface area contributed by atoms with Crippen LogP contribution in [-0.2, 0) is 6.42 Å². The maximum atomic E-state index is 6.02. The molecule has 1 aromatic rings. The highest BCUT2D eigenvalue weighted by Crippen LogP contribution is 2.18. The van der Waals surface area contributed by atoms with Crippen LogP contribution < -0.4 is 0 Å². The summed E-state index contributed by atoms with van der Waals surface area (Å²) in [5, 5.41) is 0. The Morgan fingerprint density at radius 1 is 1.19 bits per heavy atom. The predicted octanol–water partition coefficient (Wildman–Crippen LogP) is 3.32. The van der Waals surface area contributed by atoms with Gasteiger partial charge in [-0.15, -0.1) is 11.6 Å². The minimum Gasteiger partial charge on any atom is -0.299 e. The molecule has 0 bridgehead atoms. The third kappa shape index (κ3) is 3.23. The summed E-state index contributed by atoms with van der Waals surface area (Å²) in [6.07, 6.45) is 5.11. The first kappa shape index (κ1) is 11.9. The third-order valence-corrected chi connectivity index (χ3v) is 3.81. The van der Waals surface area contributed by atoms with Gasteiger partial charge < -0.3 is 0 Å². The number of hydrogen-bond donors (Lipinski definition) is 0.